The highest BCUT2D eigenvalue weighted by molar-refractivity contribution is 8.93. The Labute approximate surface area is 91.3 Å². The van der Waals surface area contributed by atoms with Crippen LogP contribution in [0.2, 0.25) is 0 Å². The molecule has 0 atom stereocenters. The van der Waals surface area contributed by atoms with Gasteiger partial charge >= 0.3 is 0 Å². The van der Waals surface area contributed by atoms with Gasteiger partial charge in [0.1, 0.15) is 0 Å². The molecule has 2 rings (SSSR count). The van der Waals surface area contributed by atoms with Gasteiger partial charge in [0.15, 0.2) is 11.7 Å². The number of rotatable bonds is 1. The van der Waals surface area contributed by atoms with Gasteiger partial charge in [0.05, 0.1) is 11.0 Å². The van der Waals surface area contributed by atoms with E-state index in [1.54, 1.807) is 18.2 Å². The number of nitrogens with zero attached hydrogens (tertiary/aromatic N) is 1. The van der Waals surface area contributed by atoms with E-state index in [4.69, 9.17) is 5.73 Å². The number of hydrogen-bond acceptors (Lipinski definition) is 3. The fourth-order valence-corrected chi connectivity index (χ4v) is 1.25. The summed E-state index contributed by atoms with van der Waals surface area (Å²) in [7, 11) is 0. The van der Waals surface area contributed by atoms with Gasteiger partial charge in [0.25, 0.3) is 0 Å². The van der Waals surface area contributed by atoms with Crippen LogP contribution in [0.4, 0.5) is 5.95 Å². The summed E-state index contributed by atoms with van der Waals surface area (Å²) in [5, 5.41) is 0. The first-order chi connectivity index (χ1) is 6.16. The normalized spacial score (nSPS) is 9.79. The number of halogens is 1. The standard InChI is InChI=1S/C9H9N3O.BrH/c1-5(13)6-2-3-7-8(4-6)12-9(10)11-7;/h2-4H,1H3,(H3,10,11,12);1H. The van der Waals surface area contributed by atoms with Crippen LogP contribution in [0.15, 0.2) is 18.2 Å². The SMILES string of the molecule is Br.CC(=O)c1ccc2nc(N)[nH]c2c1. The number of fused-ring (bicyclic) bond motifs is 1. The average Bonchev–Trinajstić information content (AvgIpc) is 2.42. The predicted octanol–water partition coefficient (Wildman–Crippen LogP) is 1.93. The molecular formula is C9H10BrN3O. The number of nitrogens with two attached hydrogens (primary N) is 1. The molecule has 0 aliphatic rings. The second-order valence-electron chi connectivity index (χ2n) is 2.91. The highest BCUT2D eigenvalue weighted by atomic mass is 79.9. The molecule has 0 bridgehead atoms. The fourth-order valence-electron chi connectivity index (χ4n) is 1.25. The molecule has 0 radical (unpaired) electrons. The molecule has 74 valence electrons. The van der Waals surface area contributed by atoms with Crippen LogP contribution in [0.3, 0.4) is 0 Å². The monoisotopic (exact) mass is 255 g/mol. The molecular weight excluding hydrogens is 246 g/mol. The Morgan fingerprint density at radius 1 is 1.50 bits per heavy atom. The Morgan fingerprint density at radius 3 is 2.86 bits per heavy atom. The van der Waals surface area contributed by atoms with Gasteiger partial charge in [-0.25, -0.2) is 4.98 Å². The summed E-state index contributed by atoms with van der Waals surface area (Å²) in [6.07, 6.45) is 0. The molecule has 0 saturated carbocycles. The summed E-state index contributed by atoms with van der Waals surface area (Å²) < 4.78 is 0. The number of nitrogens with one attached hydrogen (secondary N) is 1. The van der Waals surface area contributed by atoms with Gasteiger partial charge in [-0.3, -0.25) is 4.79 Å². The van der Waals surface area contributed by atoms with Crippen LogP contribution in [-0.2, 0) is 0 Å². The molecule has 0 aliphatic heterocycles. The van der Waals surface area contributed by atoms with E-state index >= 15 is 0 Å². The number of ketones is 1. The number of H-pyrrole nitrogens is 1. The van der Waals surface area contributed by atoms with Crippen molar-refractivity contribution in [2.24, 2.45) is 0 Å². The van der Waals surface area contributed by atoms with Crippen molar-refractivity contribution in [3.63, 3.8) is 0 Å². The van der Waals surface area contributed by atoms with Crippen molar-refractivity contribution < 1.29 is 4.79 Å². The predicted molar refractivity (Wildman–Crippen MR) is 60.8 cm³/mol. The number of nitrogen functional groups attached to an aromatic ring is 1. The molecule has 0 aliphatic carbocycles. The molecule has 0 amide bonds. The number of aromatic amines is 1. The van der Waals surface area contributed by atoms with Crippen LogP contribution in [0.1, 0.15) is 17.3 Å². The van der Waals surface area contributed by atoms with Crippen LogP contribution < -0.4 is 5.73 Å². The second-order valence-corrected chi connectivity index (χ2v) is 2.91. The van der Waals surface area contributed by atoms with Gasteiger partial charge in [-0.15, -0.1) is 17.0 Å². The van der Waals surface area contributed by atoms with E-state index in [0.29, 0.717) is 11.5 Å². The molecule has 0 unspecified atom stereocenters. The first-order valence-corrected chi connectivity index (χ1v) is 3.93. The Kier molecular flexibility index (Phi) is 2.90. The van der Waals surface area contributed by atoms with E-state index in [1.165, 1.54) is 6.92 Å². The van der Waals surface area contributed by atoms with Crippen molar-refractivity contribution in [1.29, 1.82) is 0 Å². The van der Waals surface area contributed by atoms with Crippen molar-refractivity contribution >= 4 is 39.7 Å². The molecule has 0 saturated heterocycles. The van der Waals surface area contributed by atoms with Crippen LogP contribution in [0.5, 0.6) is 0 Å². The van der Waals surface area contributed by atoms with Gasteiger partial charge in [0, 0.05) is 5.56 Å². The Hall–Kier alpha value is -1.36. The Morgan fingerprint density at radius 2 is 2.21 bits per heavy atom. The van der Waals surface area contributed by atoms with Gasteiger partial charge < -0.3 is 10.7 Å². The van der Waals surface area contributed by atoms with Gasteiger partial charge in [0.2, 0.25) is 0 Å². The maximum Gasteiger partial charge on any atom is 0.198 e. The van der Waals surface area contributed by atoms with E-state index < -0.39 is 0 Å². The highest BCUT2D eigenvalue weighted by Gasteiger charge is 2.03. The number of Topliss-reactive ketones (excluding diaryl/α,β-unsaturated/α-hetero) is 1. The number of hydrogen-bond donors (Lipinski definition) is 2. The van der Waals surface area contributed by atoms with E-state index in [2.05, 4.69) is 9.97 Å². The zero-order chi connectivity index (χ0) is 9.42. The van der Waals surface area contributed by atoms with Crippen molar-refractivity contribution in [3.05, 3.63) is 23.8 Å². The fraction of sp³-hybridized carbons (Fsp3) is 0.111. The first kappa shape index (κ1) is 10.7. The minimum Gasteiger partial charge on any atom is -0.369 e. The smallest absolute Gasteiger partial charge is 0.198 e. The Bertz CT molecular complexity index is 478. The van der Waals surface area contributed by atoms with Crippen molar-refractivity contribution in [2.75, 3.05) is 5.73 Å². The summed E-state index contributed by atoms with van der Waals surface area (Å²) in [4.78, 5) is 17.9. The summed E-state index contributed by atoms with van der Waals surface area (Å²) in [6, 6.07) is 5.27. The van der Waals surface area contributed by atoms with Gasteiger partial charge in [-0.05, 0) is 25.1 Å². The van der Waals surface area contributed by atoms with E-state index in [-0.39, 0.29) is 22.8 Å². The summed E-state index contributed by atoms with van der Waals surface area (Å²) in [6.45, 7) is 1.53. The quantitative estimate of drug-likeness (QED) is 0.765. The third-order valence-electron chi connectivity index (χ3n) is 1.91. The highest BCUT2D eigenvalue weighted by Crippen LogP contribution is 2.14. The van der Waals surface area contributed by atoms with E-state index in [9.17, 15) is 4.79 Å². The third kappa shape index (κ3) is 1.77. The number of aromatic nitrogens is 2. The average molecular weight is 256 g/mol. The van der Waals surface area contributed by atoms with Crippen LogP contribution in [0, 0.1) is 0 Å². The van der Waals surface area contributed by atoms with Crippen molar-refractivity contribution in [3.8, 4) is 0 Å². The minimum atomic E-state index is 0. The van der Waals surface area contributed by atoms with Crippen LogP contribution >= 0.6 is 17.0 Å². The van der Waals surface area contributed by atoms with Gasteiger partial charge in [-0.2, -0.15) is 0 Å². The molecule has 1 aromatic heterocycles. The maximum atomic E-state index is 11.0. The molecule has 0 spiro atoms. The molecule has 1 heterocycles. The summed E-state index contributed by atoms with van der Waals surface area (Å²) >= 11 is 0. The van der Waals surface area contributed by atoms with E-state index in [0.717, 1.165) is 11.0 Å². The number of imidazole rings is 1. The number of carbonyl (C=O) groups is 1. The minimum absolute atomic E-state index is 0. The van der Waals surface area contributed by atoms with Gasteiger partial charge in [-0.1, -0.05) is 0 Å². The zero-order valence-corrected chi connectivity index (χ0v) is 9.29. The van der Waals surface area contributed by atoms with Crippen LogP contribution in [-0.4, -0.2) is 15.8 Å². The number of benzene rings is 1. The van der Waals surface area contributed by atoms with Crippen LogP contribution in [0.25, 0.3) is 11.0 Å². The molecule has 1 aromatic carbocycles. The second kappa shape index (κ2) is 3.79. The first-order valence-electron chi connectivity index (χ1n) is 3.93. The third-order valence-corrected chi connectivity index (χ3v) is 1.91. The van der Waals surface area contributed by atoms with Crippen molar-refractivity contribution in [2.45, 2.75) is 6.92 Å². The van der Waals surface area contributed by atoms with Crippen molar-refractivity contribution in [1.82, 2.24) is 9.97 Å². The number of carbonyl (C=O) groups excluding carboxylic acids is 1. The lowest BCUT2D eigenvalue weighted by Crippen LogP contribution is -1.90. The lowest BCUT2D eigenvalue weighted by molar-refractivity contribution is 0.101. The van der Waals surface area contributed by atoms with E-state index in [1.807, 2.05) is 0 Å². The zero-order valence-electron chi connectivity index (χ0n) is 7.57. The summed E-state index contributed by atoms with van der Waals surface area (Å²) in [5.41, 5.74) is 7.70. The maximum absolute atomic E-state index is 11.0. The largest absolute Gasteiger partial charge is 0.369 e. The molecule has 2 aromatic rings. The molecule has 14 heavy (non-hydrogen) atoms. The molecule has 5 heteroatoms. The lowest BCUT2D eigenvalue weighted by atomic mass is 10.1. The topological polar surface area (TPSA) is 71.8 Å². The lowest BCUT2D eigenvalue weighted by Gasteiger charge is -1.93. The molecule has 3 N–H and O–H groups in total. The Balaban J connectivity index is 0.000000980. The summed E-state index contributed by atoms with van der Waals surface area (Å²) in [5.74, 6) is 0.408. The molecule has 4 nitrogen and oxygen atoms in total. The number of anilines is 1. The molecule has 0 fully saturated rings.